The monoisotopic (exact) mass is 576 g/mol. The van der Waals surface area contributed by atoms with Gasteiger partial charge in [-0.1, -0.05) is 0 Å². The quantitative estimate of drug-likeness (QED) is 0.232. The lowest BCUT2D eigenvalue weighted by atomic mass is 10.1. The first-order valence-electron chi connectivity index (χ1n) is 11.9. The number of pyridine rings is 1. The Morgan fingerprint density at radius 3 is 2.31 bits per heavy atom. The summed E-state index contributed by atoms with van der Waals surface area (Å²) in [6.07, 6.45) is -14.2. The summed E-state index contributed by atoms with van der Waals surface area (Å²) in [5, 5.41) is 12.5. The summed E-state index contributed by atoms with van der Waals surface area (Å²) in [7, 11) is 1.25. The number of alkyl halides is 6. The number of carbonyl (C=O) groups is 2. The van der Waals surface area contributed by atoms with Gasteiger partial charge in [-0.15, -0.1) is 0 Å². The number of esters is 1. The van der Waals surface area contributed by atoms with E-state index in [4.69, 9.17) is 23.7 Å². The molecule has 222 valence electrons. The van der Waals surface area contributed by atoms with Gasteiger partial charge in [0.2, 0.25) is 0 Å². The summed E-state index contributed by atoms with van der Waals surface area (Å²) in [6.45, 7) is -0.234. The lowest BCUT2D eigenvalue weighted by Crippen LogP contribution is -2.47. The van der Waals surface area contributed by atoms with Crippen LogP contribution < -0.4 is 10.1 Å². The minimum absolute atomic E-state index is 0.0481. The van der Waals surface area contributed by atoms with Gasteiger partial charge >= 0.3 is 18.3 Å². The van der Waals surface area contributed by atoms with Crippen molar-refractivity contribution in [2.24, 2.45) is 0 Å². The van der Waals surface area contributed by atoms with Crippen LogP contribution in [0.15, 0.2) is 12.3 Å². The third kappa shape index (κ3) is 11.0. The van der Waals surface area contributed by atoms with Gasteiger partial charge < -0.3 is 34.1 Å². The first kappa shape index (κ1) is 32.4. The molecule has 2 N–H and O–H groups in total. The van der Waals surface area contributed by atoms with E-state index in [-0.39, 0.29) is 19.0 Å². The average Bonchev–Trinajstić information content (AvgIpc) is 2.88. The molecule has 2 rings (SSSR count). The van der Waals surface area contributed by atoms with E-state index >= 15 is 0 Å². The normalized spacial score (nSPS) is 22.8. The number of hydrogen-bond acceptors (Lipinski definition) is 9. The lowest BCUT2D eigenvalue weighted by Gasteiger charge is -2.30. The van der Waals surface area contributed by atoms with Gasteiger partial charge in [0.15, 0.2) is 23.2 Å². The van der Waals surface area contributed by atoms with E-state index in [1.54, 1.807) is 0 Å². The van der Waals surface area contributed by atoms with E-state index in [0.717, 1.165) is 0 Å². The van der Waals surface area contributed by atoms with Crippen LogP contribution in [0.4, 0.5) is 26.3 Å². The summed E-state index contributed by atoms with van der Waals surface area (Å²) < 4.78 is 102. The molecular formula is C23H30F6N2O8. The Morgan fingerprint density at radius 2 is 1.72 bits per heavy atom. The molecule has 0 saturated carbocycles. The van der Waals surface area contributed by atoms with Crippen molar-refractivity contribution in [1.82, 2.24) is 10.3 Å². The van der Waals surface area contributed by atoms with Gasteiger partial charge in [0.05, 0.1) is 20.3 Å². The Morgan fingerprint density at radius 1 is 1.10 bits per heavy atom. The van der Waals surface area contributed by atoms with Crippen LogP contribution in [-0.4, -0.2) is 92.2 Å². The fourth-order valence-electron chi connectivity index (χ4n) is 3.58. The van der Waals surface area contributed by atoms with Crippen molar-refractivity contribution >= 4 is 11.9 Å². The number of ether oxygens (including phenoxy) is 5. The Bertz CT molecular complexity index is 946. The van der Waals surface area contributed by atoms with Crippen molar-refractivity contribution < 1.29 is 64.7 Å². The first-order chi connectivity index (χ1) is 18.2. The SMILES string of the molecule is COc1ccnc(C(=O)N[C@H]2COC[C@H](OCCCC(F)(F)F)[C@@H](OCCCC(F)(F)F)[C@H](C)OC2=O)c1O. The molecular weight excluding hydrogens is 546 g/mol. The van der Waals surface area contributed by atoms with E-state index in [0.29, 0.717) is 0 Å². The maximum atomic E-state index is 12.8. The van der Waals surface area contributed by atoms with Crippen LogP contribution in [0.3, 0.4) is 0 Å². The number of nitrogens with one attached hydrogen (secondary N) is 1. The number of rotatable bonds is 11. The second-order valence-electron chi connectivity index (χ2n) is 8.60. The maximum Gasteiger partial charge on any atom is 0.389 e. The maximum absolute atomic E-state index is 12.8. The highest BCUT2D eigenvalue weighted by Crippen LogP contribution is 2.28. The van der Waals surface area contributed by atoms with Crippen LogP contribution in [-0.2, 0) is 23.7 Å². The second-order valence-corrected chi connectivity index (χ2v) is 8.60. The van der Waals surface area contributed by atoms with Crippen LogP contribution in [0, 0.1) is 0 Å². The highest BCUT2D eigenvalue weighted by molar-refractivity contribution is 5.98. The lowest BCUT2D eigenvalue weighted by molar-refractivity contribution is -0.173. The first-order valence-corrected chi connectivity index (χ1v) is 11.9. The number of aromatic nitrogens is 1. The van der Waals surface area contributed by atoms with Crippen molar-refractivity contribution in [1.29, 1.82) is 0 Å². The van der Waals surface area contributed by atoms with E-state index < -0.39 is 98.9 Å². The second kappa shape index (κ2) is 14.5. The van der Waals surface area contributed by atoms with Crippen molar-refractivity contribution in [3.05, 3.63) is 18.0 Å². The van der Waals surface area contributed by atoms with Gasteiger partial charge in [0.1, 0.15) is 18.3 Å². The van der Waals surface area contributed by atoms with E-state index in [1.165, 1.54) is 26.3 Å². The predicted octanol–water partition coefficient (Wildman–Crippen LogP) is 3.31. The van der Waals surface area contributed by atoms with Crippen LogP contribution in [0.2, 0.25) is 0 Å². The number of aromatic hydroxyl groups is 1. The molecule has 1 aromatic heterocycles. The number of methoxy groups -OCH3 is 1. The van der Waals surface area contributed by atoms with E-state index in [1.807, 2.05) is 0 Å². The molecule has 10 nitrogen and oxygen atoms in total. The molecule has 0 unspecified atom stereocenters. The topological polar surface area (TPSA) is 125 Å². The third-order valence-electron chi connectivity index (χ3n) is 5.46. The number of hydrogen-bond donors (Lipinski definition) is 2. The van der Waals surface area contributed by atoms with Crippen molar-refractivity contribution in [3.63, 3.8) is 0 Å². The zero-order valence-electron chi connectivity index (χ0n) is 21.1. The van der Waals surface area contributed by atoms with Gasteiger partial charge in [-0.25, -0.2) is 9.78 Å². The molecule has 0 aliphatic carbocycles. The van der Waals surface area contributed by atoms with Gasteiger partial charge in [-0.3, -0.25) is 4.79 Å². The molecule has 0 bridgehead atoms. The molecule has 4 atom stereocenters. The Kier molecular flexibility index (Phi) is 12.0. The molecule has 1 aliphatic heterocycles. The summed E-state index contributed by atoms with van der Waals surface area (Å²) >= 11 is 0. The number of cyclic esters (lactones) is 1. The Balaban J connectivity index is 2.13. The molecule has 0 spiro atoms. The summed E-state index contributed by atoms with van der Waals surface area (Å²) in [4.78, 5) is 29.2. The van der Waals surface area contributed by atoms with Gasteiger partial charge in [0, 0.05) is 38.3 Å². The Hall–Kier alpha value is -2.85. The summed E-state index contributed by atoms with van der Waals surface area (Å²) in [6, 6.07) is -0.114. The molecule has 2 heterocycles. The molecule has 1 saturated heterocycles. The van der Waals surface area contributed by atoms with Crippen molar-refractivity contribution in [2.75, 3.05) is 33.5 Å². The van der Waals surface area contributed by atoms with Gasteiger partial charge in [-0.05, 0) is 19.8 Å². The fraction of sp³-hybridized carbons (Fsp3) is 0.696. The van der Waals surface area contributed by atoms with Crippen molar-refractivity contribution in [2.45, 2.75) is 69.3 Å². The average molecular weight is 576 g/mol. The van der Waals surface area contributed by atoms with Gasteiger partial charge in [-0.2, -0.15) is 26.3 Å². The minimum Gasteiger partial charge on any atom is -0.503 e. The van der Waals surface area contributed by atoms with Crippen molar-refractivity contribution in [3.8, 4) is 11.5 Å². The van der Waals surface area contributed by atoms with Gasteiger partial charge in [0.25, 0.3) is 5.91 Å². The molecule has 1 aliphatic rings. The minimum atomic E-state index is -4.42. The molecule has 1 amide bonds. The number of amides is 1. The van der Waals surface area contributed by atoms with E-state index in [2.05, 4.69) is 10.3 Å². The standard InChI is InChI=1S/C23H30F6N2O8/c1-13-19(38-10-4-7-23(27,28)29)16(37-9-3-6-22(24,25)26)12-36-11-14(21(34)39-13)31-20(33)17-18(32)15(35-2)5-8-30-17/h5,8,13-14,16,19,32H,3-4,6-7,9-12H2,1-2H3,(H,31,33)/t13-,14-,16-,19-/m0/s1. The zero-order chi connectivity index (χ0) is 29.2. The molecule has 1 aromatic rings. The molecule has 0 radical (unpaired) electrons. The molecule has 0 aromatic carbocycles. The Labute approximate surface area is 219 Å². The number of nitrogens with zero attached hydrogens (tertiary/aromatic N) is 1. The summed E-state index contributed by atoms with van der Waals surface area (Å²) in [5.41, 5.74) is -0.452. The highest BCUT2D eigenvalue weighted by Gasteiger charge is 2.37. The fourth-order valence-corrected chi connectivity index (χ4v) is 3.58. The van der Waals surface area contributed by atoms with Crippen LogP contribution in [0.1, 0.15) is 43.1 Å². The van der Waals surface area contributed by atoms with Crippen LogP contribution in [0.25, 0.3) is 0 Å². The summed E-state index contributed by atoms with van der Waals surface area (Å²) in [5.74, 6) is -2.60. The number of halogens is 6. The molecule has 39 heavy (non-hydrogen) atoms. The largest absolute Gasteiger partial charge is 0.503 e. The van der Waals surface area contributed by atoms with Crippen LogP contribution >= 0.6 is 0 Å². The zero-order valence-corrected chi connectivity index (χ0v) is 21.1. The highest BCUT2D eigenvalue weighted by atomic mass is 19.4. The molecule has 1 fully saturated rings. The molecule has 16 heteroatoms. The predicted molar refractivity (Wildman–Crippen MR) is 120 cm³/mol. The third-order valence-corrected chi connectivity index (χ3v) is 5.46. The number of carbonyl (C=O) groups excluding carboxylic acids is 2. The smallest absolute Gasteiger partial charge is 0.389 e. The van der Waals surface area contributed by atoms with Crippen LogP contribution in [0.5, 0.6) is 11.5 Å². The van der Waals surface area contributed by atoms with E-state index in [9.17, 15) is 41.0 Å².